The van der Waals surface area contributed by atoms with Crippen LogP contribution in [0.2, 0.25) is 0 Å². The molecule has 8 nitrogen and oxygen atoms in total. The fourth-order valence-corrected chi connectivity index (χ4v) is 3.79. The summed E-state index contributed by atoms with van der Waals surface area (Å²) in [7, 11) is -4.92. The van der Waals surface area contributed by atoms with Gasteiger partial charge in [0.1, 0.15) is 5.69 Å². The normalized spacial score (nSPS) is 14.8. The Morgan fingerprint density at radius 1 is 1.17 bits per heavy atom. The molecule has 11 heteroatoms. The maximum atomic E-state index is 12.7. The van der Waals surface area contributed by atoms with Crippen molar-refractivity contribution in [2.75, 3.05) is 36.5 Å². The fraction of sp³-hybridized carbons (Fsp3) is 0.333. The Morgan fingerprint density at radius 3 is 2.52 bits per heavy atom. The number of anilines is 2. The van der Waals surface area contributed by atoms with Crippen LogP contribution in [0.4, 0.5) is 25.8 Å². The second kappa shape index (κ2) is 8.70. The first-order valence-electron chi connectivity index (χ1n) is 8.75. The van der Waals surface area contributed by atoms with E-state index in [1.165, 1.54) is 0 Å². The van der Waals surface area contributed by atoms with Crippen LogP contribution < -0.4 is 10.2 Å². The van der Waals surface area contributed by atoms with Crippen LogP contribution in [0.25, 0.3) is 0 Å². The summed E-state index contributed by atoms with van der Waals surface area (Å²) in [5.41, 5.74) is 1.30. The van der Waals surface area contributed by atoms with Crippen molar-refractivity contribution >= 4 is 26.9 Å². The van der Waals surface area contributed by atoms with E-state index >= 15 is 0 Å². The highest BCUT2D eigenvalue weighted by Gasteiger charge is 2.29. The van der Waals surface area contributed by atoms with Crippen molar-refractivity contribution < 1.29 is 26.9 Å². The van der Waals surface area contributed by atoms with Gasteiger partial charge in [-0.05, 0) is 23.8 Å². The van der Waals surface area contributed by atoms with Crippen LogP contribution in [-0.4, -0.2) is 45.4 Å². The standard InChI is InChI=1S/C18H19F2N3O5S/c19-18(20)29(26,27)14-5-6-15(17(11-14)23(24)25)21-12-13-3-1-2-4-16(13)22-7-9-28-10-8-22/h1-6,11,18,21H,7-10,12H2. The minimum Gasteiger partial charge on any atom is -0.378 e. The van der Waals surface area contributed by atoms with Crippen LogP contribution in [0.15, 0.2) is 47.4 Å². The van der Waals surface area contributed by atoms with Gasteiger partial charge < -0.3 is 15.0 Å². The summed E-state index contributed by atoms with van der Waals surface area (Å²) in [5.74, 6) is -3.65. The zero-order valence-corrected chi connectivity index (χ0v) is 16.1. The number of nitro benzene ring substituents is 1. The first kappa shape index (κ1) is 20.9. The lowest BCUT2D eigenvalue weighted by Crippen LogP contribution is -2.36. The van der Waals surface area contributed by atoms with Crippen LogP contribution in [0.5, 0.6) is 0 Å². The van der Waals surface area contributed by atoms with Crippen molar-refractivity contribution in [2.45, 2.75) is 17.2 Å². The highest BCUT2D eigenvalue weighted by molar-refractivity contribution is 7.91. The highest BCUT2D eigenvalue weighted by atomic mass is 32.2. The first-order chi connectivity index (χ1) is 13.8. The largest absolute Gasteiger partial charge is 0.378 e. The van der Waals surface area contributed by atoms with Crippen molar-refractivity contribution in [2.24, 2.45) is 0 Å². The Hall–Kier alpha value is -2.79. The molecule has 3 rings (SSSR count). The number of nitrogens with zero attached hydrogens (tertiary/aromatic N) is 2. The van der Waals surface area contributed by atoms with Crippen LogP contribution in [0, 0.1) is 10.1 Å². The molecule has 156 valence electrons. The predicted octanol–water partition coefficient (Wildman–Crippen LogP) is 3.04. The number of ether oxygens (including phenoxy) is 1. The molecule has 2 aromatic carbocycles. The molecule has 1 aliphatic heterocycles. The summed E-state index contributed by atoms with van der Waals surface area (Å²) in [5, 5.41) is 14.3. The monoisotopic (exact) mass is 427 g/mol. The number of nitrogens with one attached hydrogen (secondary N) is 1. The van der Waals surface area contributed by atoms with Gasteiger partial charge in [-0.2, -0.15) is 8.78 Å². The third kappa shape index (κ3) is 4.62. The van der Waals surface area contributed by atoms with Gasteiger partial charge in [0.15, 0.2) is 0 Å². The number of alkyl halides is 2. The second-order valence-electron chi connectivity index (χ2n) is 6.32. The molecule has 0 spiro atoms. The van der Waals surface area contributed by atoms with E-state index in [9.17, 15) is 27.3 Å². The van der Waals surface area contributed by atoms with E-state index in [1.54, 1.807) is 0 Å². The van der Waals surface area contributed by atoms with Crippen LogP contribution in [0.1, 0.15) is 5.56 Å². The van der Waals surface area contributed by atoms with Crippen LogP contribution in [-0.2, 0) is 21.1 Å². The number of para-hydroxylation sites is 1. The summed E-state index contributed by atoms with van der Waals surface area (Å²) >= 11 is 0. The Labute approximate surface area is 166 Å². The minimum atomic E-state index is -4.92. The average Bonchev–Trinajstić information content (AvgIpc) is 2.72. The van der Waals surface area contributed by atoms with Crippen molar-refractivity contribution in [3.8, 4) is 0 Å². The third-order valence-electron chi connectivity index (χ3n) is 4.54. The maximum Gasteiger partial charge on any atom is 0.341 e. The van der Waals surface area contributed by atoms with E-state index in [4.69, 9.17) is 4.74 Å². The molecule has 0 amide bonds. The van der Waals surface area contributed by atoms with Crippen LogP contribution in [0.3, 0.4) is 0 Å². The molecule has 0 aromatic heterocycles. The number of hydrogen-bond acceptors (Lipinski definition) is 7. The molecule has 1 N–H and O–H groups in total. The molecule has 0 atom stereocenters. The van der Waals surface area contributed by atoms with Crippen LogP contribution >= 0.6 is 0 Å². The van der Waals surface area contributed by atoms with E-state index in [0.717, 1.165) is 36.5 Å². The molecule has 1 saturated heterocycles. The van der Waals surface area contributed by atoms with Gasteiger partial charge in [-0.1, -0.05) is 18.2 Å². The van der Waals surface area contributed by atoms with Gasteiger partial charge in [0.05, 0.1) is 23.0 Å². The number of benzene rings is 2. The van der Waals surface area contributed by atoms with E-state index in [0.29, 0.717) is 19.3 Å². The summed E-state index contributed by atoms with van der Waals surface area (Å²) in [6, 6.07) is 10.3. The zero-order chi connectivity index (χ0) is 21.0. The molecule has 29 heavy (non-hydrogen) atoms. The Bertz CT molecular complexity index is 995. The topological polar surface area (TPSA) is 102 Å². The zero-order valence-electron chi connectivity index (χ0n) is 15.3. The molecule has 0 aliphatic carbocycles. The summed E-state index contributed by atoms with van der Waals surface area (Å²) < 4.78 is 54.0. The lowest BCUT2D eigenvalue weighted by molar-refractivity contribution is -0.384. The molecule has 0 unspecified atom stereocenters. The maximum absolute atomic E-state index is 12.7. The lowest BCUT2D eigenvalue weighted by Gasteiger charge is -2.30. The number of hydrogen-bond donors (Lipinski definition) is 1. The molecule has 2 aromatic rings. The summed E-state index contributed by atoms with van der Waals surface area (Å²) in [4.78, 5) is 11.9. The Morgan fingerprint density at radius 2 is 1.86 bits per heavy atom. The SMILES string of the molecule is O=[N+]([O-])c1cc(S(=O)(=O)C(F)F)ccc1NCc1ccccc1N1CCOCC1. The average molecular weight is 427 g/mol. The molecule has 1 fully saturated rings. The molecule has 1 heterocycles. The van der Waals surface area contributed by atoms with E-state index < -0.39 is 31.1 Å². The summed E-state index contributed by atoms with van der Waals surface area (Å²) in [6.45, 7) is 2.88. The fourth-order valence-electron chi connectivity index (χ4n) is 3.06. The molecule has 0 saturated carbocycles. The molecule has 0 bridgehead atoms. The molecular weight excluding hydrogens is 408 g/mol. The van der Waals surface area contributed by atoms with Gasteiger partial charge in [-0.25, -0.2) is 8.42 Å². The van der Waals surface area contributed by atoms with Gasteiger partial charge in [-0.3, -0.25) is 10.1 Å². The molecular formula is C18H19F2N3O5S. The number of halogens is 2. The minimum absolute atomic E-state index is 0.0417. The number of nitro groups is 1. The van der Waals surface area contributed by atoms with Gasteiger partial charge >= 0.3 is 5.76 Å². The quantitative estimate of drug-likeness (QED) is 0.535. The van der Waals surface area contributed by atoms with Gasteiger partial charge in [0.2, 0.25) is 9.84 Å². The van der Waals surface area contributed by atoms with Crippen molar-refractivity contribution in [3.05, 3.63) is 58.1 Å². The molecule has 1 aliphatic rings. The number of morpholine rings is 1. The lowest BCUT2D eigenvalue weighted by atomic mass is 10.1. The van der Waals surface area contributed by atoms with E-state index in [1.807, 2.05) is 24.3 Å². The van der Waals surface area contributed by atoms with Crippen molar-refractivity contribution in [1.29, 1.82) is 0 Å². The smallest absolute Gasteiger partial charge is 0.341 e. The van der Waals surface area contributed by atoms with Gasteiger partial charge in [0.25, 0.3) is 5.69 Å². The van der Waals surface area contributed by atoms with Gasteiger partial charge in [-0.15, -0.1) is 0 Å². The second-order valence-corrected chi connectivity index (χ2v) is 8.24. The van der Waals surface area contributed by atoms with Crippen molar-refractivity contribution in [1.82, 2.24) is 0 Å². The Balaban J connectivity index is 1.85. The number of sulfone groups is 1. The predicted molar refractivity (Wildman–Crippen MR) is 103 cm³/mol. The molecule has 0 radical (unpaired) electrons. The number of rotatable bonds is 7. The summed E-state index contributed by atoms with van der Waals surface area (Å²) in [6.07, 6.45) is 0. The van der Waals surface area contributed by atoms with Crippen molar-refractivity contribution in [3.63, 3.8) is 0 Å². The van der Waals surface area contributed by atoms with Gasteiger partial charge in [0, 0.05) is 31.4 Å². The van der Waals surface area contributed by atoms with E-state index in [2.05, 4.69) is 10.2 Å². The third-order valence-corrected chi connectivity index (χ3v) is 5.92. The highest BCUT2D eigenvalue weighted by Crippen LogP contribution is 2.31. The van der Waals surface area contributed by atoms with E-state index in [-0.39, 0.29) is 12.2 Å². The Kier molecular flexibility index (Phi) is 6.28. The first-order valence-corrected chi connectivity index (χ1v) is 10.3.